The highest BCUT2D eigenvalue weighted by atomic mass is 16.6. The van der Waals surface area contributed by atoms with Crippen molar-refractivity contribution in [2.45, 2.75) is 45.8 Å². The Morgan fingerprint density at radius 3 is 2.34 bits per heavy atom. The number of hydrogen-bond donors (Lipinski definition) is 0. The molecule has 5 nitrogen and oxygen atoms in total. The van der Waals surface area contributed by atoms with Crippen LogP contribution in [0.3, 0.4) is 0 Å². The van der Waals surface area contributed by atoms with E-state index < -0.39 is 5.60 Å². The molecule has 0 aliphatic carbocycles. The summed E-state index contributed by atoms with van der Waals surface area (Å²) in [5.41, 5.74) is 0.637. The van der Waals surface area contributed by atoms with Crippen LogP contribution in [0.2, 0.25) is 0 Å². The standard InChI is InChI=1S/C24H31NO4/c1-24(2,3)29-23(26)25-15-9-12-20(16-25)18-28-22-14-8-7-13-21(22)27-17-19-10-5-4-6-11-19/h4-8,10-11,13-14,20H,9,12,15-18H2,1-3H3. The molecule has 1 unspecified atom stereocenters. The molecule has 3 rings (SSSR count). The number of benzene rings is 2. The molecule has 5 heteroatoms. The van der Waals surface area contributed by atoms with Gasteiger partial charge in [0.1, 0.15) is 12.2 Å². The number of ether oxygens (including phenoxy) is 3. The number of amides is 1. The number of piperidine rings is 1. The lowest BCUT2D eigenvalue weighted by Gasteiger charge is -2.34. The van der Waals surface area contributed by atoms with Gasteiger partial charge in [-0.2, -0.15) is 0 Å². The Balaban J connectivity index is 1.53. The van der Waals surface area contributed by atoms with Gasteiger partial charge in [0, 0.05) is 19.0 Å². The van der Waals surface area contributed by atoms with Crippen molar-refractivity contribution in [2.75, 3.05) is 19.7 Å². The van der Waals surface area contributed by atoms with Gasteiger partial charge >= 0.3 is 6.09 Å². The van der Waals surface area contributed by atoms with Crippen LogP contribution in [0.25, 0.3) is 0 Å². The lowest BCUT2D eigenvalue weighted by Crippen LogP contribution is -2.44. The maximum absolute atomic E-state index is 12.4. The number of hydrogen-bond acceptors (Lipinski definition) is 4. The van der Waals surface area contributed by atoms with Crippen LogP contribution in [0.5, 0.6) is 11.5 Å². The Hall–Kier alpha value is -2.69. The molecule has 2 aromatic rings. The minimum Gasteiger partial charge on any atom is -0.489 e. The second kappa shape index (κ2) is 9.68. The Labute approximate surface area is 173 Å². The van der Waals surface area contributed by atoms with Gasteiger partial charge in [0.2, 0.25) is 0 Å². The lowest BCUT2D eigenvalue weighted by atomic mass is 9.99. The molecule has 0 N–H and O–H groups in total. The maximum Gasteiger partial charge on any atom is 0.410 e. The summed E-state index contributed by atoms with van der Waals surface area (Å²) in [5, 5.41) is 0. The van der Waals surface area contributed by atoms with Crippen LogP contribution in [0.4, 0.5) is 4.79 Å². The monoisotopic (exact) mass is 397 g/mol. The van der Waals surface area contributed by atoms with Gasteiger partial charge in [-0.3, -0.25) is 0 Å². The zero-order chi connectivity index (χ0) is 20.7. The first kappa shape index (κ1) is 21.0. The van der Waals surface area contributed by atoms with Crippen LogP contribution in [0, 0.1) is 5.92 Å². The first-order valence-corrected chi connectivity index (χ1v) is 10.3. The molecule has 0 saturated carbocycles. The Morgan fingerprint density at radius 2 is 1.66 bits per heavy atom. The second-order valence-electron chi connectivity index (χ2n) is 8.47. The van der Waals surface area contributed by atoms with E-state index in [1.165, 1.54) is 0 Å². The van der Waals surface area contributed by atoms with Crippen molar-refractivity contribution in [3.05, 3.63) is 60.2 Å². The highest BCUT2D eigenvalue weighted by Crippen LogP contribution is 2.29. The molecule has 0 radical (unpaired) electrons. The summed E-state index contributed by atoms with van der Waals surface area (Å²) in [5.74, 6) is 1.74. The lowest BCUT2D eigenvalue weighted by molar-refractivity contribution is 0.0138. The van der Waals surface area contributed by atoms with Crippen LogP contribution < -0.4 is 9.47 Å². The predicted octanol–water partition coefficient (Wildman–Crippen LogP) is 5.29. The summed E-state index contributed by atoms with van der Waals surface area (Å²) in [7, 11) is 0. The number of carbonyl (C=O) groups excluding carboxylic acids is 1. The van der Waals surface area contributed by atoms with E-state index in [-0.39, 0.29) is 12.0 Å². The van der Waals surface area contributed by atoms with Crippen molar-refractivity contribution in [1.29, 1.82) is 0 Å². The van der Waals surface area contributed by atoms with Crippen molar-refractivity contribution < 1.29 is 19.0 Å². The first-order chi connectivity index (χ1) is 13.9. The van der Waals surface area contributed by atoms with Crippen molar-refractivity contribution >= 4 is 6.09 Å². The fourth-order valence-corrected chi connectivity index (χ4v) is 3.33. The van der Waals surface area contributed by atoms with Crippen LogP contribution in [-0.2, 0) is 11.3 Å². The van der Waals surface area contributed by atoms with E-state index in [1.807, 2.05) is 75.4 Å². The van der Waals surface area contributed by atoms with Crippen LogP contribution in [0.15, 0.2) is 54.6 Å². The van der Waals surface area contributed by atoms with Crippen molar-refractivity contribution in [2.24, 2.45) is 5.92 Å². The second-order valence-corrected chi connectivity index (χ2v) is 8.47. The molecular formula is C24H31NO4. The fourth-order valence-electron chi connectivity index (χ4n) is 3.33. The Morgan fingerprint density at radius 1 is 1.00 bits per heavy atom. The first-order valence-electron chi connectivity index (χ1n) is 10.3. The molecule has 1 amide bonds. The minimum atomic E-state index is -0.477. The molecular weight excluding hydrogens is 366 g/mol. The minimum absolute atomic E-state index is 0.242. The maximum atomic E-state index is 12.4. The summed E-state index contributed by atoms with van der Waals surface area (Å²) >= 11 is 0. The van der Waals surface area contributed by atoms with Gasteiger partial charge in [-0.1, -0.05) is 42.5 Å². The van der Waals surface area contributed by atoms with Crippen molar-refractivity contribution in [3.8, 4) is 11.5 Å². The Bertz CT molecular complexity index is 785. The molecule has 1 saturated heterocycles. The van der Waals surface area contributed by atoms with E-state index in [0.29, 0.717) is 19.8 Å². The predicted molar refractivity (Wildman–Crippen MR) is 113 cm³/mol. The molecule has 1 heterocycles. The third kappa shape index (κ3) is 6.70. The number of carbonyl (C=O) groups is 1. The van der Waals surface area contributed by atoms with E-state index in [2.05, 4.69) is 0 Å². The van der Waals surface area contributed by atoms with Gasteiger partial charge in [-0.05, 0) is 51.3 Å². The molecule has 156 valence electrons. The van der Waals surface area contributed by atoms with E-state index in [1.54, 1.807) is 4.90 Å². The molecule has 1 aliphatic rings. The van der Waals surface area contributed by atoms with E-state index >= 15 is 0 Å². The third-order valence-electron chi connectivity index (χ3n) is 4.73. The number of likely N-dealkylation sites (tertiary alicyclic amines) is 1. The Kier molecular flexibility index (Phi) is 7.02. The zero-order valence-electron chi connectivity index (χ0n) is 17.6. The fraction of sp³-hybridized carbons (Fsp3) is 0.458. The average molecular weight is 398 g/mol. The number of nitrogens with zero attached hydrogens (tertiary/aromatic N) is 1. The van der Waals surface area contributed by atoms with E-state index in [0.717, 1.165) is 36.4 Å². The summed E-state index contributed by atoms with van der Waals surface area (Å²) in [6.45, 7) is 8.11. The van der Waals surface area contributed by atoms with Crippen molar-refractivity contribution in [1.82, 2.24) is 4.90 Å². The highest BCUT2D eigenvalue weighted by Gasteiger charge is 2.28. The molecule has 1 atom stereocenters. The third-order valence-corrected chi connectivity index (χ3v) is 4.73. The van der Waals surface area contributed by atoms with Gasteiger partial charge in [0.05, 0.1) is 6.61 Å². The van der Waals surface area contributed by atoms with Gasteiger partial charge in [-0.25, -0.2) is 4.79 Å². The van der Waals surface area contributed by atoms with E-state index in [4.69, 9.17) is 14.2 Å². The van der Waals surface area contributed by atoms with Gasteiger partial charge in [0.15, 0.2) is 11.5 Å². The SMILES string of the molecule is CC(C)(C)OC(=O)N1CCCC(COc2ccccc2OCc2ccccc2)C1. The smallest absolute Gasteiger partial charge is 0.410 e. The topological polar surface area (TPSA) is 48.0 Å². The molecule has 1 aliphatic heterocycles. The number of rotatable bonds is 6. The largest absolute Gasteiger partial charge is 0.489 e. The normalized spacial score (nSPS) is 16.9. The van der Waals surface area contributed by atoms with Gasteiger partial charge in [0.25, 0.3) is 0 Å². The molecule has 29 heavy (non-hydrogen) atoms. The molecule has 0 bridgehead atoms. The summed E-state index contributed by atoms with van der Waals surface area (Å²) in [6, 6.07) is 17.8. The van der Waals surface area contributed by atoms with Crippen LogP contribution in [-0.4, -0.2) is 36.3 Å². The quantitative estimate of drug-likeness (QED) is 0.664. The summed E-state index contributed by atoms with van der Waals surface area (Å²) in [4.78, 5) is 14.1. The van der Waals surface area contributed by atoms with E-state index in [9.17, 15) is 4.79 Å². The van der Waals surface area contributed by atoms with Crippen LogP contribution in [0.1, 0.15) is 39.2 Å². The van der Waals surface area contributed by atoms with Crippen LogP contribution >= 0.6 is 0 Å². The highest BCUT2D eigenvalue weighted by molar-refractivity contribution is 5.68. The molecule has 1 fully saturated rings. The van der Waals surface area contributed by atoms with Crippen molar-refractivity contribution in [3.63, 3.8) is 0 Å². The van der Waals surface area contributed by atoms with Gasteiger partial charge < -0.3 is 19.1 Å². The number of para-hydroxylation sites is 2. The summed E-state index contributed by atoms with van der Waals surface area (Å²) in [6.07, 6.45) is 1.75. The average Bonchev–Trinajstić information content (AvgIpc) is 2.71. The summed E-state index contributed by atoms with van der Waals surface area (Å²) < 4.78 is 17.6. The molecule has 0 aromatic heterocycles. The molecule has 0 spiro atoms. The zero-order valence-corrected chi connectivity index (χ0v) is 17.6. The molecule has 2 aromatic carbocycles. The van der Waals surface area contributed by atoms with Gasteiger partial charge in [-0.15, -0.1) is 0 Å².